The first kappa shape index (κ1) is 17.1. The Morgan fingerprint density at radius 1 is 1.42 bits per heavy atom. The molecule has 1 aromatic heterocycles. The average molecular weight is 327 g/mol. The molecule has 0 radical (unpaired) electrons. The van der Waals surface area contributed by atoms with Crippen LogP contribution in [0.25, 0.3) is 0 Å². The molecule has 0 fully saturated rings. The van der Waals surface area contributed by atoms with Crippen LogP contribution in [0.5, 0.6) is 5.75 Å². The standard InChI is InChI=1S/C17H17N3O4/c1-4-11-5-6-13(15(7-11)23-2)16(21)20-14(17(22)24-3)8-12-9-18-10-19-12/h1,5-7,9-10,14H,8H2,2-3H3,(H,18,19)(H,20,21)/t14-/m1/s1. The number of methoxy groups -OCH3 is 2. The van der Waals surface area contributed by atoms with Crippen LogP contribution < -0.4 is 10.1 Å². The van der Waals surface area contributed by atoms with Crippen molar-refractivity contribution in [3.05, 3.63) is 47.5 Å². The number of hydrogen-bond donors (Lipinski definition) is 2. The van der Waals surface area contributed by atoms with Crippen LogP contribution >= 0.6 is 0 Å². The molecular formula is C17H17N3O4. The number of nitrogens with one attached hydrogen (secondary N) is 2. The Morgan fingerprint density at radius 3 is 2.79 bits per heavy atom. The second kappa shape index (κ2) is 7.83. The molecule has 0 aliphatic rings. The largest absolute Gasteiger partial charge is 0.496 e. The van der Waals surface area contributed by atoms with Gasteiger partial charge in [-0.2, -0.15) is 0 Å². The monoisotopic (exact) mass is 327 g/mol. The number of hydrogen-bond acceptors (Lipinski definition) is 5. The summed E-state index contributed by atoms with van der Waals surface area (Å²) in [6.45, 7) is 0. The van der Waals surface area contributed by atoms with Crippen molar-refractivity contribution >= 4 is 11.9 Å². The Balaban J connectivity index is 2.21. The lowest BCUT2D eigenvalue weighted by Gasteiger charge is -2.17. The van der Waals surface area contributed by atoms with Crippen molar-refractivity contribution in [2.45, 2.75) is 12.5 Å². The van der Waals surface area contributed by atoms with Crippen molar-refractivity contribution in [1.82, 2.24) is 15.3 Å². The molecule has 0 aliphatic carbocycles. The van der Waals surface area contributed by atoms with Gasteiger partial charge in [0.05, 0.1) is 26.1 Å². The third-order valence-electron chi connectivity index (χ3n) is 3.38. The summed E-state index contributed by atoms with van der Waals surface area (Å²) in [5.74, 6) is 1.77. The lowest BCUT2D eigenvalue weighted by atomic mass is 10.1. The summed E-state index contributed by atoms with van der Waals surface area (Å²) in [7, 11) is 2.70. The molecule has 0 aliphatic heterocycles. The van der Waals surface area contributed by atoms with Gasteiger partial charge in [0.2, 0.25) is 0 Å². The predicted octanol–water partition coefficient (Wildman–Crippen LogP) is 0.914. The lowest BCUT2D eigenvalue weighted by molar-refractivity contribution is -0.142. The molecule has 2 rings (SSSR count). The molecule has 0 saturated carbocycles. The number of aromatic amines is 1. The molecule has 1 amide bonds. The maximum absolute atomic E-state index is 12.5. The fourth-order valence-corrected chi connectivity index (χ4v) is 2.16. The number of H-pyrrole nitrogens is 1. The third-order valence-corrected chi connectivity index (χ3v) is 3.38. The van der Waals surface area contributed by atoms with Gasteiger partial charge in [-0.15, -0.1) is 6.42 Å². The Kier molecular flexibility index (Phi) is 5.58. The van der Waals surface area contributed by atoms with Crippen LogP contribution in [0, 0.1) is 12.3 Å². The number of imidazole rings is 1. The first-order valence-electron chi connectivity index (χ1n) is 7.09. The van der Waals surface area contributed by atoms with E-state index >= 15 is 0 Å². The van der Waals surface area contributed by atoms with Crippen LogP contribution in [0.3, 0.4) is 0 Å². The van der Waals surface area contributed by atoms with Gasteiger partial charge in [-0.1, -0.05) is 5.92 Å². The minimum atomic E-state index is -0.861. The van der Waals surface area contributed by atoms with Crippen molar-refractivity contribution in [2.75, 3.05) is 14.2 Å². The highest BCUT2D eigenvalue weighted by atomic mass is 16.5. The van der Waals surface area contributed by atoms with Gasteiger partial charge < -0.3 is 19.8 Å². The molecule has 1 heterocycles. The second-order valence-electron chi connectivity index (χ2n) is 4.89. The van der Waals surface area contributed by atoms with Gasteiger partial charge in [0.15, 0.2) is 0 Å². The van der Waals surface area contributed by atoms with Crippen LogP contribution in [0.15, 0.2) is 30.7 Å². The molecule has 7 heteroatoms. The van der Waals surface area contributed by atoms with Crippen molar-refractivity contribution in [1.29, 1.82) is 0 Å². The van der Waals surface area contributed by atoms with E-state index < -0.39 is 17.9 Å². The van der Waals surface area contributed by atoms with E-state index in [4.69, 9.17) is 15.9 Å². The minimum absolute atomic E-state index is 0.225. The van der Waals surface area contributed by atoms with E-state index in [2.05, 4.69) is 21.2 Å². The fourth-order valence-electron chi connectivity index (χ4n) is 2.16. The normalized spacial score (nSPS) is 11.2. The first-order chi connectivity index (χ1) is 11.6. The quantitative estimate of drug-likeness (QED) is 0.608. The molecule has 0 unspecified atom stereocenters. The van der Waals surface area contributed by atoms with Gasteiger partial charge in [0.25, 0.3) is 5.91 Å². The zero-order valence-electron chi connectivity index (χ0n) is 13.3. The zero-order valence-corrected chi connectivity index (χ0v) is 13.3. The van der Waals surface area contributed by atoms with Crippen molar-refractivity contribution in [2.24, 2.45) is 0 Å². The maximum Gasteiger partial charge on any atom is 0.328 e. The molecular weight excluding hydrogens is 310 g/mol. The van der Waals surface area contributed by atoms with Crippen molar-refractivity contribution in [3.8, 4) is 18.1 Å². The summed E-state index contributed by atoms with van der Waals surface area (Å²) in [5, 5.41) is 2.64. The van der Waals surface area contributed by atoms with E-state index in [1.165, 1.54) is 20.5 Å². The zero-order chi connectivity index (χ0) is 17.5. The van der Waals surface area contributed by atoms with E-state index in [-0.39, 0.29) is 12.0 Å². The molecule has 7 nitrogen and oxygen atoms in total. The first-order valence-corrected chi connectivity index (χ1v) is 7.09. The number of amides is 1. The molecule has 1 aromatic carbocycles. The molecule has 24 heavy (non-hydrogen) atoms. The summed E-state index contributed by atoms with van der Waals surface area (Å²) in [4.78, 5) is 31.2. The molecule has 0 bridgehead atoms. The topological polar surface area (TPSA) is 93.3 Å². The smallest absolute Gasteiger partial charge is 0.328 e. The number of rotatable bonds is 6. The summed E-state index contributed by atoms with van der Waals surface area (Å²) in [5.41, 5.74) is 1.56. The highest BCUT2D eigenvalue weighted by Gasteiger charge is 2.24. The highest BCUT2D eigenvalue weighted by molar-refractivity contribution is 5.99. The summed E-state index contributed by atoms with van der Waals surface area (Å²) in [6, 6.07) is 3.89. The van der Waals surface area contributed by atoms with Gasteiger partial charge >= 0.3 is 5.97 Å². The Labute approximate surface area is 139 Å². The number of carbonyl (C=O) groups is 2. The number of carbonyl (C=O) groups excluding carboxylic acids is 2. The maximum atomic E-state index is 12.5. The van der Waals surface area contributed by atoms with Gasteiger partial charge in [0, 0.05) is 23.9 Å². The van der Waals surface area contributed by atoms with Crippen LogP contribution in [0.1, 0.15) is 21.6 Å². The van der Waals surface area contributed by atoms with Gasteiger partial charge in [-0.25, -0.2) is 9.78 Å². The predicted molar refractivity (Wildman–Crippen MR) is 86.5 cm³/mol. The number of esters is 1. The van der Waals surface area contributed by atoms with Crippen molar-refractivity contribution in [3.63, 3.8) is 0 Å². The van der Waals surface area contributed by atoms with Crippen LogP contribution in [0.2, 0.25) is 0 Å². The van der Waals surface area contributed by atoms with E-state index in [1.807, 2.05) is 0 Å². The summed E-state index contributed by atoms with van der Waals surface area (Å²) in [6.07, 6.45) is 8.63. The molecule has 2 N–H and O–H groups in total. The summed E-state index contributed by atoms with van der Waals surface area (Å²) < 4.78 is 9.94. The number of aromatic nitrogens is 2. The van der Waals surface area contributed by atoms with E-state index in [1.54, 1.807) is 24.4 Å². The third kappa shape index (κ3) is 3.93. The number of benzene rings is 1. The summed E-state index contributed by atoms with van der Waals surface area (Å²) >= 11 is 0. The molecule has 0 spiro atoms. The van der Waals surface area contributed by atoms with Gasteiger partial charge in [-0.05, 0) is 18.2 Å². The Morgan fingerprint density at radius 2 is 2.21 bits per heavy atom. The Hall–Kier alpha value is -3.27. The minimum Gasteiger partial charge on any atom is -0.496 e. The number of ether oxygens (including phenoxy) is 2. The lowest BCUT2D eigenvalue weighted by Crippen LogP contribution is -2.43. The van der Waals surface area contributed by atoms with Crippen LogP contribution in [0.4, 0.5) is 0 Å². The van der Waals surface area contributed by atoms with Crippen LogP contribution in [-0.2, 0) is 16.0 Å². The molecule has 2 aromatic rings. The second-order valence-corrected chi connectivity index (χ2v) is 4.89. The van der Waals surface area contributed by atoms with E-state index in [0.717, 1.165) is 0 Å². The molecule has 0 saturated heterocycles. The highest BCUT2D eigenvalue weighted by Crippen LogP contribution is 2.20. The van der Waals surface area contributed by atoms with E-state index in [0.29, 0.717) is 17.0 Å². The van der Waals surface area contributed by atoms with Gasteiger partial charge in [0.1, 0.15) is 11.8 Å². The van der Waals surface area contributed by atoms with E-state index in [9.17, 15) is 9.59 Å². The number of nitrogens with zero attached hydrogens (tertiary/aromatic N) is 1. The fraction of sp³-hybridized carbons (Fsp3) is 0.235. The SMILES string of the molecule is C#Cc1ccc(C(=O)N[C@H](Cc2cnc[nH]2)C(=O)OC)c(OC)c1. The van der Waals surface area contributed by atoms with Crippen molar-refractivity contribution < 1.29 is 19.1 Å². The average Bonchev–Trinajstić information content (AvgIpc) is 3.12. The molecule has 1 atom stereocenters. The Bertz CT molecular complexity index is 763. The number of terminal acetylenes is 1. The molecule has 124 valence electrons. The van der Waals surface area contributed by atoms with Gasteiger partial charge in [-0.3, -0.25) is 4.79 Å². The van der Waals surface area contributed by atoms with Crippen LogP contribution in [-0.4, -0.2) is 42.1 Å².